The van der Waals surface area contributed by atoms with Gasteiger partial charge in [-0.3, -0.25) is 9.36 Å². The molecule has 0 unspecified atom stereocenters. The number of aryl methyl sites for hydroxylation is 3. The normalized spacial score (nSPS) is 13.4. The van der Waals surface area contributed by atoms with Crippen molar-refractivity contribution >= 4 is 33.3 Å². The van der Waals surface area contributed by atoms with Gasteiger partial charge in [-0.25, -0.2) is 4.98 Å². The average molecular weight is 491 g/mol. The van der Waals surface area contributed by atoms with Gasteiger partial charge in [-0.15, -0.1) is 11.3 Å². The summed E-state index contributed by atoms with van der Waals surface area (Å²) in [6.07, 6.45) is 4.39. The number of nitrogens with zero attached hydrogens (tertiary/aromatic N) is 2. The summed E-state index contributed by atoms with van der Waals surface area (Å²) >= 11 is 3.29. The monoisotopic (exact) mass is 490 g/mol. The fourth-order valence-corrected chi connectivity index (χ4v) is 6.75. The Kier molecular flexibility index (Phi) is 6.79. The van der Waals surface area contributed by atoms with Gasteiger partial charge in [-0.05, 0) is 73.4 Å². The van der Waals surface area contributed by atoms with Crippen molar-refractivity contribution in [1.29, 1.82) is 0 Å². The zero-order valence-electron chi connectivity index (χ0n) is 20.0. The van der Waals surface area contributed by atoms with E-state index in [0.29, 0.717) is 18.3 Å². The lowest BCUT2D eigenvalue weighted by Gasteiger charge is -2.16. The summed E-state index contributed by atoms with van der Waals surface area (Å²) in [6.45, 7) is 7.01. The van der Waals surface area contributed by atoms with Crippen LogP contribution in [0.5, 0.6) is 5.75 Å². The summed E-state index contributed by atoms with van der Waals surface area (Å²) in [4.78, 5) is 21.0. The molecule has 0 fully saturated rings. The molecular weight excluding hydrogens is 460 g/mol. The molecule has 4 aromatic rings. The van der Waals surface area contributed by atoms with Crippen molar-refractivity contribution in [1.82, 2.24) is 9.55 Å². The smallest absolute Gasteiger partial charge is 0.267 e. The summed E-state index contributed by atoms with van der Waals surface area (Å²) in [5.74, 6) is 2.06. The highest BCUT2D eigenvalue weighted by molar-refractivity contribution is 7.99. The lowest BCUT2D eigenvalue weighted by molar-refractivity contribution is 0.338. The molecule has 1 aliphatic carbocycles. The largest absolute Gasteiger partial charge is 0.492 e. The third-order valence-corrected chi connectivity index (χ3v) is 8.42. The van der Waals surface area contributed by atoms with Crippen LogP contribution in [-0.2, 0) is 12.8 Å². The number of para-hydroxylation sites is 1. The molecule has 6 heteroatoms. The Morgan fingerprint density at radius 2 is 1.91 bits per heavy atom. The molecule has 2 aromatic heterocycles. The molecule has 0 amide bonds. The zero-order valence-corrected chi connectivity index (χ0v) is 21.6. The summed E-state index contributed by atoms with van der Waals surface area (Å²) < 4.78 is 7.99. The minimum absolute atomic E-state index is 0.0554. The number of ether oxygens (including phenoxy) is 1. The second kappa shape index (κ2) is 9.96. The molecule has 0 radical (unpaired) electrons. The molecule has 0 aliphatic heterocycles. The first kappa shape index (κ1) is 23.2. The van der Waals surface area contributed by atoms with Crippen LogP contribution in [0.25, 0.3) is 15.9 Å². The molecule has 0 saturated carbocycles. The Bertz CT molecular complexity index is 1370. The van der Waals surface area contributed by atoms with Crippen LogP contribution in [0.3, 0.4) is 0 Å². The van der Waals surface area contributed by atoms with E-state index in [1.54, 1.807) is 27.7 Å². The molecule has 34 heavy (non-hydrogen) atoms. The van der Waals surface area contributed by atoms with Gasteiger partial charge in [0.1, 0.15) is 10.6 Å². The van der Waals surface area contributed by atoms with Gasteiger partial charge < -0.3 is 4.74 Å². The maximum atomic E-state index is 13.8. The number of hydrogen-bond donors (Lipinski definition) is 0. The van der Waals surface area contributed by atoms with Crippen molar-refractivity contribution in [2.75, 3.05) is 12.4 Å². The highest BCUT2D eigenvalue weighted by Gasteiger charge is 2.23. The van der Waals surface area contributed by atoms with Crippen LogP contribution in [0.2, 0.25) is 0 Å². The van der Waals surface area contributed by atoms with E-state index in [2.05, 4.69) is 39.0 Å². The molecular formula is C28H30N2O2S2. The Morgan fingerprint density at radius 3 is 2.71 bits per heavy atom. The van der Waals surface area contributed by atoms with Crippen molar-refractivity contribution in [3.63, 3.8) is 0 Å². The number of aromatic nitrogens is 2. The van der Waals surface area contributed by atoms with E-state index in [4.69, 9.17) is 9.72 Å². The third kappa shape index (κ3) is 4.53. The van der Waals surface area contributed by atoms with E-state index in [9.17, 15) is 4.79 Å². The van der Waals surface area contributed by atoms with Gasteiger partial charge in [0.05, 0.1) is 17.7 Å². The van der Waals surface area contributed by atoms with Crippen LogP contribution >= 0.6 is 23.1 Å². The predicted molar refractivity (Wildman–Crippen MR) is 143 cm³/mol. The maximum Gasteiger partial charge on any atom is 0.267 e. The van der Waals surface area contributed by atoms with E-state index in [1.165, 1.54) is 28.0 Å². The summed E-state index contributed by atoms with van der Waals surface area (Å²) in [7, 11) is 0. The number of rotatable bonds is 7. The molecule has 176 valence electrons. The van der Waals surface area contributed by atoms with E-state index in [0.717, 1.165) is 46.1 Å². The first-order valence-corrected chi connectivity index (χ1v) is 13.8. The molecule has 0 atom stereocenters. The summed E-state index contributed by atoms with van der Waals surface area (Å²) in [5, 5.41) is 1.56. The number of benzene rings is 2. The van der Waals surface area contributed by atoms with Crippen LogP contribution in [0.4, 0.5) is 0 Å². The second-order valence-electron chi connectivity index (χ2n) is 9.15. The van der Waals surface area contributed by atoms with Crippen LogP contribution in [0, 0.1) is 6.92 Å². The van der Waals surface area contributed by atoms with Gasteiger partial charge in [0.15, 0.2) is 5.16 Å². The van der Waals surface area contributed by atoms with Crippen molar-refractivity contribution in [2.24, 2.45) is 0 Å². The van der Waals surface area contributed by atoms with Gasteiger partial charge in [0.2, 0.25) is 0 Å². The Balaban J connectivity index is 1.45. The Hall–Kier alpha value is -2.57. The van der Waals surface area contributed by atoms with Gasteiger partial charge in [-0.2, -0.15) is 0 Å². The molecule has 2 heterocycles. The van der Waals surface area contributed by atoms with E-state index < -0.39 is 0 Å². The molecule has 0 saturated heterocycles. The first-order chi connectivity index (χ1) is 16.5. The van der Waals surface area contributed by atoms with Crippen molar-refractivity contribution in [2.45, 2.75) is 57.5 Å². The number of fused-ring (bicyclic) bond motifs is 3. The third-order valence-electron chi connectivity index (χ3n) is 6.34. The van der Waals surface area contributed by atoms with Gasteiger partial charge in [0.25, 0.3) is 5.56 Å². The standard InChI is InChI=1S/C28H30N2O2S2/c1-18(2)21-14-13-19(3)17-23(21)32-15-16-33-28-29-26-25(22-11-7-8-12-24(22)34-26)27(31)30(28)20-9-5-4-6-10-20/h4-6,9-10,13-14,17-18H,7-8,11-12,15-16H2,1-3H3. The lowest BCUT2D eigenvalue weighted by Crippen LogP contribution is -2.22. The lowest BCUT2D eigenvalue weighted by atomic mass is 9.97. The van der Waals surface area contributed by atoms with Gasteiger partial charge >= 0.3 is 0 Å². The molecule has 0 spiro atoms. The number of thiophene rings is 1. The fourth-order valence-electron chi connectivity index (χ4n) is 4.62. The van der Waals surface area contributed by atoms with Crippen LogP contribution in [0.15, 0.2) is 58.5 Å². The van der Waals surface area contributed by atoms with Crippen molar-refractivity contribution in [3.05, 3.63) is 80.5 Å². The highest BCUT2D eigenvalue weighted by atomic mass is 32.2. The van der Waals surface area contributed by atoms with Crippen LogP contribution in [-0.4, -0.2) is 21.9 Å². The topological polar surface area (TPSA) is 44.1 Å². The van der Waals surface area contributed by atoms with Crippen molar-refractivity contribution < 1.29 is 4.74 Å². The quantitative estimate of drug-likeness (QED) is 0.160. The molecule has 2 aromatic carbocycles. The average Bonchev–Trinajstić information content (AvgIpc) is 3.21. The molecule has 0 N–H and O–H groups in total. The predicted octanol–water partition coefficient (Wildman–Crippen LogP) is 6.93. The fraction of sp³-hybridized carbons (Fsp3) is 0.357. The maximum absolute atomic E-state index is 13.8. The van der Waals surface area contributed by atoms with Crippen molar-refractivity contribution in [3.8, 4) is 11.4 Å². The Morgan fingerprint density at radius 1 is 1.12 bits per heavy atom. The minimum Gasteiger partial charge on any atom is -0.492 e. The van der Waals surface area contributed by atoms with Crippen LogP contribution < -0.4 is 10.3 Å². The highest BCUT2D eigenvalue weighted by Crippen LogP contribution is 2.35. The van der Waals surface area contributed by atoms with Gasteiger partial charge in [-0.1, -0.05) is 55.9 Å². The molecule has 0 bridgehead atoms. The first-order valence-electron chi connectivity index (χ1n) is 12.0. The second-order valence-corrected chi connectivity index (χ2v) is 11.3. The van der Waals surface area contributed by atoms with E-state index in [1.807, 2.05) is 30.3 Å². The zero-order chi connectivity index (χ0) is 23.7. The number of hydrogen-bond acceptors (Lipinski definition) is 5. The summed E-state index contributed by atoms with van der Waals surface area (Å²) in [5.41, 5.74) is 4.56. The summed E-state index contributed by atoms with van der Waals surface area (Å²) in [6, 6.07) is 16.3. The number of thioether (sulfide) groups is 1. The minimum atomic E-state index is 0.0554. The molecule has 4 nitrogen and oxygen atoms in total. The molecule has 5 rings (SSSR count). The van der Waals surface area contributed by atoms with E-state index in [-0.39, 0.29) is 5.56 Å². The van der Waals surface area contributed by atoms with E-state index >= 15 is 0 Å². The van der Waals surface area contributed by atoms with Crippen LogP contribution in [0.1, 0.15) is 54.2 Å². The SMILES string of the molecule is Cc1ccc(C(C)C)c(OCCSc2nc3sc4c(c3c(=O)n2-c2ccccc2)CCCC4)c1. The Labute approximate surface area is 209 Å². The molecule has 1 aliphatic rings. The van der Waals surface area contributed by atoms with Gasteiger partial charge in [0, 0.05) is 10.6 Å².